The first-order valence-corrected chi connectivity index (χ1v) is 6.89. The fourth-order valence-corrected chi connectivity index (χ4v) is 2.42. The predicted octanol–water partition coefficient (Wildman–Crippen LogP) is 1.86. The quantitative estimate of drug-likeness (QED) is 0.799. The van der Waals surface area contributed by atoms with E-state index in [9.17, 15) is 9.59 Å². The number of H-pyrrole nitrogens is 1. The van der Waals surface area contributed by atoms with Crippen LogP contribution in [-0.4, -0.2) is 23.3 Å². The number of amides is 2. The summed E-state index contributed by atoms with van der Waals surface area (Å²) in [5, 5.41) is 0.664. The van der Waals surface area contributed by atoms with E-state index in [0.717, 1.165) is 5.69 Å². The molecule has 0 radical (unpaired) electrons. The van der Waals surface area contributed by atoms with Crippen molar-refractivity contribution in [2.45, 2.75) is 20.8 Å². The molecule has 1 aromatic carbocycles. The van der Waals surface area contributed by atoms with Crippen molar-refractivity contribution in [2.75, 3.05) is 17.2 Å². The SMILES string of the molecule is CCN(C(=O)C(C)C)c1ccc2c(C(N)=O)c(N)[nH]c2c1. The van der Waals surface area contributed by atoms with E-state index in [1.54, 1.807) is 17.0 Å². The minimum absolute atomic E-state index is 0.0477. The van der Waals surface area contributed by atoms with Crippen LogP contribution in [0.2, 0.25) is 0 Å². The van der Waals surface area contributed by atoms with Gasteiger partial charge < -0.3 is 21.4 Å². The summed E-state index contributed by atoms with van der Waals surface area (Å²) in [5.74, 6) is -0.368. The van der Waals surface area contributed by atoms with Gasteiger partial charge in [0.2, 0.25) is 5.91 Å². The van der Waals surface area contributed by atoms with Gasteiger partial charge in [0.1, 0.15) is 5.82 Å². The van der Waals surface area contributed by atoms with Gasteiger partial charge in [0, 0.05) is 29.1 Å². The molecule has 0 aliphatic rings. The highest BCUT2D eigenvalue weighted by atomic mass is 16.2. The molecule has 0 atom stereocenters. The Balaban J connectivity index is 2.53. The van der Waals surface area contributed by atoms with Crippen molar-refractivity contribution in [1.82, 2.24) is 4.98 Å². The second-order valence-electron chi connectivity index (χ2n) is 5.25. The number of nitrogens with one attached hydrogen (secondary N) is 1. The van der Waals surface area contributed by atoms with Gasteiger partial charge in [0.05, 0.1) is 5.56 Å². The van der Waals surface area contributed by atoms with Crippen LogP contribution in [0.5, 0.6) is 0 Å². The number of rotatable bonds is 4. The maximum atomic E-state index is 12.2. The van der Waals surface area contributed by atoms with Crippen LogP contribution in [0.4, 0.5) is 11.5 Å². The van der Waals surface area contributed by atoms with E-state index in [1.807, 2.05) is 26.8 Å². The molecule has 0 spiro atoms. The molecule has 6 nitrogen and oxygen atoms in total. The van der Waals surface area contributed by atoms with Gasteiger partial charge in [-0.15, -0.1) is 0 Å². The molecule has 2 amide bonds. The molecule has 5 N–H and O–H groups in total. The van der Waals surface area contributed by atoms with Crippen LogP contribution in [0.1, 0.15) is 31.1 Å². The highest BCUT2D eigenvalue weighted by Crippen LogP contribution is 2.28. The molecule has 1 aromatic heterocycles. The summed E-state index contributed by atoms with van der Waals surface area (Å²) in [6, 6.07) is 5.36. The molecule has 112 valence electrons. The van der Waals surface area contributed by atoms with Crippen LogP contribution < -0.4 is 16.4 Å². The van der Waals surface area contributed by atoms with Crippen molar-refractivity contribution in [3.8, 4) is 0 Å². The van der Waals surface area contributed by atoms with Gasteiger partial charge in [-0.25, -0.2) is 0 Å². The number of nitrogen functional groups attached to an aromatic ring is 1. The van der Waals surface area contributed by atoms with Gasteiger partial charge in [-0.3, -0.25) is 9.59 Å². The Morgan fingerprint density at radius 3 is 2.52 bits per heavy atom. The molecule has 0 saturated carbocycles. The van der Waals surface area contributed by atoms with Crippen LogP contribution in [0.25, 0.3) is 10.9 Å². The lowest BCUT2D eigenvalue weighted by atomic mass is 10.1. The number of aromatic nitrogens is 1. The average Bonchev–Trinajstić information content (AvgIpc) is 2.74. The van der Waals surface area contributed by atoms with E-state index in [-0.39, 0.29) is 23.2 Å². The Labute approximate surface area is 123 Å². The summed E-state index contributed by atoms with van der Waals surface area (Å²) < 4.78 is 0. The minimum Gasteiger partial charge on any atom is -0.385 e. The largest absolute Gasteiger partial charge is 0.385 e. The Kier molecular flexibility index (Phi) is 3.88. The lowest BCUT2D eigenvalue weighted by Gasteiger charge is -2.23. The van der Waals surface area contributed by atoms with Crippen LogP contribution in [0.15, 0.2) is 18.2 Å². The third kappa shape index (κ3) is 2.56. The number of hydrogen-bond acceptors (Lipinski definition) is 3. The van der Waals surface area contributed by atoms with E-state index < -0.39 is 5.91 Å². The smallest absolute Gasteiger partial charge is 0.253 e. The van der Waals surface area contributed by atoms with Gasteiger partial charge in [-0.05, 0) is 25.1 Å². The number of nitrogens with zero attached hydrogens (tertiary/aromatic N) is 1. The Bertz CT molecular complexity index is 703. The molecule has 0 aliphatic carbocycles. The minimum atomic E-state index is -0.572. The standard InChI is InChI=1S/C15H20N4O2/c1-4-19(15(21)8(2)3)9-5-6-10-11(7-9)18-13(16)12(10)14(17)20/h5-8,18H,4,16H2,1-3H3,(H2,17,20). The number of fused-ring (bicyclic) bond motifs is 1. The third-order valence-electron chi connectivity index (χ3n) is 3.45. The highest BCUT2D eigenvalue weighted by Gasteiger charge is 2.19. The van der Waals surface area contributed by atoms with E-state index in [4.69, 9.17) is 11.5 Å². The fourth-order valence-electron chi connectivity index (χ4n) is 2.42. The van der Waals surface area contributed by atoms with Gasteiger partial charge in [-0.2, -0.15) is 0 Å². The lowest BCUT2D eigenvalue weighted by Crippen LogP contribution is -2.33. The summed E-state index contributed by atoms with van der Waals surface area (Å²) in [5.41, 5.74) is 12.9. The first kappa shape index (κ1) is 14.9. The highest BCUT2D eigenvalue weighted by molar-refractivity contribution is 6.11. The summed E-state index contributed by atoms with van der Waals surface area (Å²) in [6.45, 7) is 6.21. The number of nitrogens with two attached hydrogens (primary N) is 2. The zero-order valence-electron chi connectivity index (χ0n) is 12.4. The number of benzene rings is 1. The summed E-state index contributed by atoms with van der Waals surface area (Å²) >= 11 is 0. The van der Waals surface area contributed by atoms with Crippen LogP contribution in [0.3, 0.4) is 0 Å². The molecular formula is C15H20N4O2. The van der Waals surface area contributed by atoms with Crippen LogP contribution in [-0.2, 0) is 4.79 Å². The first-order chi connectivity index (χ1) is 9.86. The molecule has 1 heterocycles. The average molecular weight is 288 g/mol. The van der Waals surface area contributed by atoms with Gasteiger partial charge >= 0.3 is 0 Å². The number of carbonyl (C=O) groups excluding carboxylic acids is 2. The van der Waals surface area contributed by atoms with Crippen LogP contribution in [0, 0.1) is 5.92 Å². The molecule has 0 fully saturated rings. The van der Waals surface area contributed by atoms with Crippen LogP contribution >= 0.6 is 0 Å². The Morgan fingerprint density at radius 2 is 2.00 bits per heavy atom. The molecular weight excluding hydrogens is 268 g/mol. The number of hydrogen-bond donors (Lipinski definition) is 3. The number of primary amides is 1. The van der Waals surface area contributed by atoms with Gasteiger partial charge in [0.15, 0.2) is 0 Å². The van der Waals surface area contributed by atoms with E-state index >= 15 is 0 Å². The zero-order valence-corrected chi connectivity index (χ0v) is 12.4. The van der Waals surface area contributed by atoms with Gasteiger partial charge in [0.25, 0.3) is 5.91 Å². The number of aromatic amines is 1. The van der Waals surface area contributed by atoms with Crippen molar-refractivity contribution >= 4 is 34.2 Å². The normalized spacial score (nSPS) is 11.0. The number of anilines is 2. The summed E-state index contributed by atoms with van der Waals surface area (Å²) in [7, 11) is 0. The summed E-state index contributed by atoms with van der Waals surface area (Å²) in [4.78, 5) is 28.3. The number of carbonyl (C=O) groups is 2. The van der Waals surface area contributed by atoms with E-state index in [1.165, 1.54) is 0 Å². The molecule has 21 heavy (non-hydrogen) atoms. The molecule has 2 aromatic rings. The second-order valence-corrected chi connectivity index (χ2v) is 5.25. The summed E-state index contributed by atoms with van der Waals surface area (Å²) in [6.07, 6.45) is 0. The Morgan fingerprint density at radius 1 is 1.33 bits per heavy atom. The third-order valence-corrected chi connectivity index (χ3v) is 3.45. The maximum absolute atomic E-state index is 12.2. The first-order valence-electron chi connectivity index (χ1n) is 6.89. The molecule has 6 heteroatoms. The van der Waals surface area contributed by atoms with E-state index in [0.29, 0.717) is 17.4 Å². The van der Waals surface area contributed by atoms with Crippen molar-refractivity contribution in [3.05, 3.63) is 23.8 Å². The zero-order chi connectivity index (χ0) is 15.7. The molecule has 0 saturated heterocycles. The Hall–Kier alpha value is -2.50. The second kappa shape index (κ2) is 5.47. The molecule has 0 bridgehead atoms. The fraction of sp³-hybridized carbons (Fsp3) is 0.333. The molecule has 0 aliphatic heterocycles. The topological polar surface area (TPSA) is 105 Å². The van der Waals surface area contributed by atoms with Crippen molar-refractivity contribution < 1.29 is 9.59 Å². The van der Waals surface area contributed by atoms with Crippen molar-refractivity contribution in [3.63, 3.8) is 0 Å². The van der Waals surface area contributed by atoms with Crippen molar-refractivity contribution in [1.29, 1.82) is 0 Å². The maximum Gasteiger partial charge on any atom is 0.253 e. The van der Waals surface area contributed by atoms with E-state index in [2.05, 4.69) is 4.98 Å². The molecule has 0 unspecified atom stereocenters. The van der Waals surface area contributed by atoms with Crippen molar-refractivity contribution in [2.24, 2.45) is 11.7 Å². The van der Waals surface area contributed by atoms with Gasteiger partial charge in [-0.1, -0.05) is 13.8 Å². The predicted molar refractivity (Wildman–Crippen MR) is 84.1 cm³/mol. The monoisotopic (exact) mass is 288 g/mol. The molecule has 2 rings (SSSR count). The lowest BCUT2D eigenvalue weighted by molar-refractivity contribution is -0.121.